The molecule has 3 N–H and O–H groups in total. The number of benzene rings is 1. The van der Waals surface area contributed by atoms with Gasteiger partial charge in [-0.3, -0.25) is 4.79 Å². The number of halogens is 2. The Labute approximate surface area is 121 Å². The van der Waals surface area contributed by atoms with Crippen LogP contribution in [0.1, 0.15) is 35.2 Å². The first-order chi connectivity index (χ1) is 9.40. The van der Waals surface area contributed by atoms with Crippen molar-refractivity contribution in [3.8, 4) is 0 Å². The minimum absolute atomic E-state index is 0.0569. The maximum absolute atomic E-state index is 13.7. The highest BCUT2D eigenvalue weighted by Crippen LogP contribution is 2.26. The molecule has 0 spiro atoms. The van der Waals surface area contributed by atoms with Gasteiger partial charge in [-0.2, -0.15) is 0 Å². The molecule has 0 heterocycles. The van der Waals surface area contributed by atoms with E-state index in [1.807, 2.05) is 0 Å². The average Bonchev–Trinajstić information content (AvgIpc) is 2.81. The van der Waals surface area contributed by atoms with Crippen LogP contribution in [0.3, 0.4) is 0 Å². The van der Waals surface area contributed by atoms with Gasteiger partial charge in [0.25, 0.3) is 5.91 Å². The molecule has 0 saturated heterocycles. The third-order valence-electron chi connectivity index (χ3n) is 3.69. The van der Waals surface area contributed by atoms with Gasteiger partial charge in [0.15, 0.2) is 0 Å². The van der Waals surface area contributed by atoms with E-state index in [-0.39, 0.29) is 23.1 Å². The third kappa shape index (κ3) is 2.95. The minimum Gasteiger partial charge on any atom is -0.393 e. The van der Waals surface area contributed by atoms with Gasteiger partial charge in [0.1, 0.15) is 11.6 Å². The maximum Gasteiger partial charge on any atom is 0.254 e. The van der Waals surface area contributed by atoms with Crippen LogP contribution in [0.4, 0.5) is 8.78 Å². The fourth-order valence-corrected chi connectivity index (χ4v) is 2.83. The molecule has 0 aliphatic heterocycles. The first-order valence-electron chi connectivity index (χ1n) is 6.46. The van der Waals surface area contributed by atoms with Gasteiger partial charge in [0, 0.05) is 18.0 Å². The quantitative estimate of drug-likeness (QED) is 0.843. The summed E-state index contributed by atoms with van der Waals surface area (Å²) in [6.45, 7) is 1.49. The van der Waals surface area contributed by atoms with Crippen molar-refractivity contribution in [3.63, 3.8) is 0 Å². The van der Waals surface area contributed by atoms with Crippen LogP contribution in [0.5, 0.6) is 0 Å². The van der Waals surface area contributed by atoms with Crippen molar-refractivity contribution in [1.29, 1.82) is 0 Å². The van der Waals surface area contributed by atoms with Crippen LogP contribution in [0, 0.1) is 24.5 Å². The van der Waals surface area contributed by atoms with E-state index in [9.17, 15) is 13.6 Å². The highest BCUT2D eigenvalue weighted by Gasteiger charge is 2.31. The topological polar surface area (TPSA) is 55.1 Å². The molecule has 6 heteroatoms. The average molecular weight is 298 g/mol. The number of nitrogens with one attached hydrogen (secondary N) is 1. The van der Waals surface area contributed by atoms with Crippen molar-refractivity contribution in [3.05, 3.63) is 34.9 Å². The number of nitrogens with two attached hydrogens (primary N) is 1. The summed E-state index contributed by atoms with van der Waals surface area (Å²) in [6, 6.07) is 1.76. The zero-order valence-electron chi connectivity index (χ0n) is 11.1. The summed E-state index contributed by atoms with van der Waals surface area (Å²) in [5.41, 5.74) is 5.71. The number of carbonyl (C=O) groups is 1. The van der Waals surface area contributed by atoms with Gasteiger partial charge in [0.05, 0.1) is 10.6 Å². The maximum atomic E-state index is 13.7. The molecule has 108 valence electrons. The van der Waals surface area contributed by atoms with Gasteiger partial charge in [-0.15, -0.1) is 0 Å². The largest absolute Gasteiger partial charge is 0.393 e. The van der Waals surface area contributed by atoms with Gasteiger partial charge in [-0.25, -0.2) is 8.78 Å². The number of thiocarbonyl (C=S) groups is 1. The number of aryl methyl sites for hydroxylation is 1. The van der Waals surface area contributed by atoms with Crippen LogP contribution >= 0.6 is 12.2 Å². The molecular formula is C14H16F2N2OS. The molecule has 20 heavy (non-hydrogen) atoms. The van der Waals surface area contributed by atoms with Crippen molar-refractivity contribution < 1.29 is 13.6 Å². The van der Waals surface area contributed by atoms with E-state index in [4.69, 9.17) is 18.0 Å². The standard InChI is InChI=1S/C14H16F2N2OS/c1-7-5-9(11(16)6-10(7)15)14(19)18-12-4-2-3-8(12)13(17)20/h5-6,8,12H,2-4H2,1H3,(H2,17,20)(H,18,19). The van der Waals surface area contributed by atoms with Gasteiger partial charge >= 0.3 is 0 Å². The Bertz CT molecular complexity index is 562. The predicted octanol–water partition coefficient (Wildman–Crippen LogP) is 2.46. The lowest BCUT2D eigenvalue weighted by atomic mass is 10.0. The second-order valence-corrected chi connectivity index (χ2v) is 5.57. The Morgan fingerprint density at radius 3 is 2.70 bits per heavy atom. The third-order valence-corrected chi connectivity index (χ3v) is 3.99. The van der Waals surface area contributed by atoms with Gasteiger partial charge in [0.2, 0.25) is 0 Å². The molecule has 0 radical (unpaired) electrons. The van der Waals surface area contributed by atoms with Crippen LogP contribution in [0.15, 0.2) is 12.1 Å². The molecule has 0 aromatic heterocycles. The Hall–Kier alpha value is -1.56. The van der Waals surface area contributed by atoms with E-state index in [1.54, 1.807) is 0 Å². The first kappa shape index (κ1) is 14.8. The van der Waals surface area contributed by atoms with Crippen molar-refractivity contribution in [2.45, 2.75) is 32.2 Å². The van der Waals surface area contributed by atoms with E-state index >= 15 is 0 Å². The van der Waals surface area contributed by atoms with Crippen molar-refractivity contribution >= 4 is 23.1 Å². The summed E-state index contributed by atoms with van der Waals surface area (Å²) in [6.07, 6.45) is 2.50. The van der Waals surface area contributed by atoms with E-state index in [2.05, 4.69) is 5.32 Å². The predicted molar refractivity (Wildman–Crippen MR) is 76.5 cm³/mol. The lowest BCUT2D eigenvalue weighted by Gasteiger charge is -2.20. The van der Waals surface area contributed by atoms with Crippen molar-refractivity contribution in [2.75, 3.05) is 0 Å². The number of rotatable bonds is 3. The lowest BCUT2D eigenvalue weighted by Crippen LogP contribution is -2.42. The van der Waals surface area contributed by atoms with Crippen LogP contribution in [0.2, 0.25) is 0 Å². The van der Waals surface area contributed by atoms with E-state index in [0.29, 0.717) is 4.99 Å². The number of carbonyl (C=O) groups excluding carboxylic acids is 1. The fourth-order valence-electron chi connectivity index (χ4n) is 2.55. The zero-order chi connectivity index (χ0) is 14.9. The minimum atomic E-state index is -0.865. The molecule has 1 aliphatic rings. The zero-order valence-corrected chi connectivity index (χ0v) is 11.9. The second-order valence-electron chi connectivity index (χ2n) is 5.10. The number of amides is 1. The first-order valence-corrected chi connectivity index (χ1v) is 6.87. The summed E-state index contributed by atoms with van der Waals surface area (Å²) in [5, 5.41) is 2.75. The Morgan fingerprint density at radius 2 is 2.05 bits per heavy atom. The van der Waals surface area contributed by atoms with Crippen LogP contribution < -0.4 is 11.1 Å². The van der Waals surface area contributed by atoms with E-state index in [1.165, 1.54) is 13.0 Å². The molecule has 1 fully saturated rings. The molecule has 1 aromatic carbocycles. The Morgan fingerprint density at radius 1 is 1.35 bits per heavy atom. The lowest BCUT2D eigenvalue weighted by molar-refractivity contribution is 0.0929. The molecule has 1 aromatic rings. The smallest absolute Gasteiger partial charge is 0.254 e. The SMILES string of the molecule is Cc1cc(C(=O)NC2CCCC2C(N)=S)c(F)cc1F. The summed E-state index contributed by atoms with van der Waals surface area (Å²) in [4.78, 5) is 12.5. The van der Waals surface area contributed by atoms with Crippen LogP contribution in [0.25, 0.3) is 0 Å². The normalized spacial score (nSPS) is 21.8. The van der Waals surface area contributed by atoms with Crippen molar-refractivity contribution in [2.24, 2.45) is 11.7 Å². The molecular weight excluding hydrogens is 282 g/mol. The molecule has 2 rings (SSSR count). The number of hydrogen-bond donors (Lipinski definition) is 2. The molecule has 3 nitrogen and oxygen atoms in total. The molecule has 1 aliphatic carbocycles. The van der Waals surface area contributed by atoms with Gasteiger partial charge in [-0.05, 0) is 31.4 Å². The molecule has 2 atom stereocenters. The summed E-state index contributed by atoms with van der Waals surface area (Å²) < 4.78 is 26.8. The number of hydrogen-bond acceptors (Lipinski definition) is 2. The van der Waals surface area contributed by atoms with Crippen LogP contribution in [-0.4, -0.2) is 16.9 Å². The van der Waals surface area contributed by atoms with Crippen LogP contribution in [-0.2, 0) is 0 Å². The molecule has 1 saturated carbocycles. The van der Waals surface area contributed by atoms with Gasteiger partial charge < -0.3 is 11.1 Å². The monoisotopic (exact) mass is 298 g/mol. The highest BCUT2D eigenvalue weighted by atomic mass is 32.1. The fraction of sp³-hybridized carbons (Fsp3) is 0.429. The molecule has 2 unspecified atom stereocenters. The van der Waals surface area contributed by atoms with E-state index < -0.39 is 17.5 Å². The second kappa shape index (κ2) is 5.83. The van der Waals surface area contributed by atoms with Gasteiger partial charge in [-0.1, -0.05) is 18.6 Å². The Balaban J connectivity index is 2.16. The highest BCUT2D eigenvalue weighted by molar-refractivity contribution is 7.80. The van der Waals surface area contributed by atoms with E-state index in [0.717, 1.165) is 25.3 Å². The summed E-state index contributed by atoms with van der Waals surface area (Å²) in [7, 11) is 0. The summed E-state index contributed by atoms with van der Waals surface area (Å²) in [5.74, 6) is -2.14. The molecule has 1 amide bonds. The van der Waals surface area contributed by atoms with Crippen molar-refractivity contribution in [1.82, 2.24) is 5.32 Å². The Kier molecular flexibility index (Phi) is 4.32. The summed E-state index contributed by atoms with van der Waals surface area (Å²) >= 11 is 4.97. The molecule has 0 bridgehead atoms.